The summed E-state index contributed by atoms with van der Waals surface area (Å²) in [4.78, 5) is 0. The van der Waals surface area contributed by atoms with Crippen LogP contribution in [0, 0.1) is 23.2 Å². The average Bonchev–Trinajstić information content (AvgIpc) is 2.76. The summed E-state index contributed by atoms with van der Waals surface area (Å²) in [5.41, 5.74) is 2.52. The molecular formula is C27H33Cl2NO2. The number of nitrogens with one attached hydrogen (secondary N) is 1. The fourth-order valence-corrected chi connectivity index (χ4v) is 7.45. The Morgan fingerprint density at radius 3 is 2.28 bits per heavy atom. The van der Waals surface area contributed by atoms with Crippen molar-refractivity contribution in [2.24, 2.45) is 23.2 Å². The predicted molar refractivity (Wildman–Crippen MR) is 131 cm³/mol. The summed E-state index contributed by atoms with van der Waals surface area (Å²) in [6, 6.07) is 12.2. The first-order valence-corrected chi connectivity index (χ1v) is 12.7. The van der Waals surface area contributed by atoms with Crippen molar-refractivity contribution in [3.8, 4) is 11.5 Å². The van der Waals surface area contributed by atoms with Crippen molar-refractivity contribution in [2.75, 3.05) is 7.11 Å². The maximum Gasteiger partial charge on any atom is 0.180 e. The van der Waals surface area contributed by atoms with Crippen LogP contribution in [-0.4, -0.2) is 13.2 Å². The van der Waals surface area contributed by atoms with Crippen molar-refractivity contribution in [1.82, 2.24) is 5.32 Å². The van der Waals surface area contributed by atoms with Crippen LogP contribution in [0.3, 0.4) is 0 Å². The first-order valence-electron chi connectivity index (χ1n) is 11.9. The van der Waals surface area contributed by atoms with Gasteiger partial charge in [0.25, 0.3) is 0 Å². The van der Waals surface area contributed by atoms with Crippen LogP contribution in [0.2, 0.25) is 10.0 Å². The van der Waals surface area contributed by atoms with Gasteiger partial charge < -0.3 is 14.8 Å². The van der Waals surface area contributed by atoms with E-state index in [1.807, 2.05) is 36.4 Å². The smallest absolute Gasteiger partial charge is 0.180 e. The van der Waals surface area contributed by atoms with Gasteiger partial charge in [-0.05, 0) is 92.4 Å². The molecule has 4 aliphatic carbocycles. The molecule has 1 N–H and O–H groups in total. The normalized spacial score (nSPS) is 29.2. The summed E-state index contributed by atoms with van der Waals surface area (Å²) in [6.07, 6.45) is 8.67. The van der Waals surface area contributed by atoms with Gasteiger partial charge in [0.05, 0.1) is 12.1 Å². The lowest BCUT2D eigenvalue weighted by Crippen LogP contribution is -2.54. The van der Waals surface area contributed by atoms with Crippen molar-refractivity contribution >= 4 is 23.2 Å². The van der Waals surface area contributed by atoms with Gasteiger partial charge in [-0.3, -0.25) is 0 Å². The third-order valence-corrected chi connectivity index (χ3v) is 8.89. The van der Waals surface area contributed by atoms with Crippen molar-refractivity contribution in [2.45, 2.75) is 64.6 Å². The van der Waals surface area contributed by atoms with E-state index in [0.717, 1.165) is 35.4 Å². The molecule has 1 atom stereocenters. The Morgan fingerprint density at radius 1 is 1.00 bits per heavy atom. The summed E-state index contributed by atoms with van der Waals surface area (Å²) < 4.78 is 11.6. The van der Waals surface area contributed by atoms with Crippen LogP contribution in [0.25, 0.3) is 0 Å². The molecule has 2 aromatic rings. The second-order valence-corrected chi connectivity index (χ2v) is 11.2. The standard InChI is InChI=1S/C27H33Cl2NO2/c1-17(27-12-18-7-19(13-27)9-20(8-18)14-27)30-15-21-10-24(29)26(25(11-21)31-2)32-16-22-5-3-4-6-23(22)28/h3-6,10-11,17-20,30H,7-9,12-16H2,1-2H3/t17-,18?,19?,20?,27?/m1/s1. The van der Waals surface area contributed by atoms with Crippen molar-refractivity contribution in [3.05, 3.63) is 57.6 Å². The van der Waals surface area contributed by atoms with Crippen molar-refractivity contribution in [1.29, 1.82) is 0 Å². The minimum atomic E-state index is 0.344. The first kappa shape index (κ1) is 22.4. The molecule has 32 heavy (non-hydrogen) atoms. The van der Waals surface area contributed by atoms with Gasteiger partial charge in [-0.2, -0.15) is 0 Å². The molecule has 0 aliphatic heterocycles. The zero-order chi connectivity index (χ0) is 22.3. The van der Waals surface area contributed by atoms with E-state index in [9.17, 15) is 0 Å². The second-order valence-electron chi connectivity index (χ2n) is 10.4. The molecule has 0 unspecified atom stereocenters. The van der Waals surface area contributed by atoms with Gasteiger partial charge >= 0.3 is 0 Å². The Kier molecular flexibility index (Phi) is 6.35. The van der Waals surface area contributed by atoms with Crippen LogP contribution in [-0.2, 0) is 13.2 Å². The lowest BCUT2D eigenvalue weighted by Gasteiger charge is -2.59. The van der Waals surface area contributed by atoms with E-state index in [1.54, 1.807) is 7.11 Å². The van der Waals surface area contributed by atoms with E-state index < -0.39 is 0 Å². The molecule has 4 aliphatic rings. The molecule has 4 bridgehead atoms. The van der Waals surface area contributed by atoms with Gasteiger partial charge in [-0.25, -0.2) is 0 Å². The van der Waals surface area contributed by atoms with Crippen LogP contribution in [0.5, 0.6) is 11.5 Å². The van der Waals surface area contributed by atoms with E-state index in [0.29, 0.717) is 39.6 Å². The van der Waals surface area contributed by atoms with E-state index in [4.69, 9.17) is 32.7 Å². The maximum absolute atomic E-state index is 6.63. The molecule has 6 rings (SSSR count). The molecule has 2 aromatic carbocycles. The third kappa shape index (κ3) is 4.36. The molecule has 4 fully saturated rings. The molecular weight excluding hydrogens is 441 g/mol. The first-order chi connectivity index (χ1) is 15.5. The zero-order valence-electron chi connectivity index (χ0n) is 19.0. The third-order valence-electron chi connectivity index (χ3n) is 8.24. The zero-order valence-corrected chi connectivity index (χ0v) is 20.5. The van der Waals surface area contributed by atoms with Crippen LogP contribution >= 0.6 is 23.2 Å². The number of benzene rings is 2. The Hall–Kier alpha value is -1.42. The summed E-state index contributed by atoms with van der Waals surface area (Å²) in [7, 11) is 1.66. The van der Waals surface area contributed by atoms with Gasteiger partial charge in [0.15, 0.2) is 11.5 Å². The maximum atomic E-state index is 6.63. The lowest BCUT2D eigenvalue weighted by atomic mass is 9.48. The van der Waals surface area contributed by atoms with Gasteiger partial charge in [-0.15, -0.1) is 0 Å². The number of halogens is 2. The minimum Gasteiger partial charge on any atom is -0.493 e. The molecule has 5 heteroatoms. The summed E-state index contributed by atoms with van der Waals surface area (Å²) >= 11 is 12.9. The molecule has 0 saturated heterocycles. The van der Waals surface area contributed by atoms with Crippen LogP contribution in [0.15, 0.2) is 36.4 Å². The molecule has 4 saturated carbocycles. The van der Waals surface area contributed by atoms with E-state index >= 15 is 0 Å². The Labute approximate surface area is 201 Å². The highest BCUT2D eigenvalue weighted by molar-refractivity contribution is 6.32. The number of ether oxygens (including phenoxy) is 2. The fourth-order valence-electron chi connectivity index (χ4n) is 6.98. The Balaban J connectivity index is 1.25. The molecule has 0 aromatic heterocycles. The van der Waals surface area contributed by atoms with E-state index in [1.165, 1.54) is 38.5 Å². The largest absolute Gasteiger partial charge is 0.493 e. The van der Waals surface area contributed by atoms with Gasteiger partial charge in [0, 0.05) is 23.2 Å². The van der Waals surface area contributed by atoms with Crippen LogP contribution < -0.4 is 14.8 Å². The highest BCUT2D eigenvalue weighted by Gasteiger charge is 2.52. The highest BCUT2D eigenvalue weighted by Crippen LogP contribution is 2.61. The lowest BCUT2D eigenvalue weighted by molar-refractivity contribution is -0.0706. The number of methoxy groups -OCH3 is 1. The fraction of sp³-hybridized carbons (Fsp3) is 0.556. The number of rotatable bonds is 8. The average molecular weight is 474 g/mol. The molecule has 0 heterocycles. The topological polar surface area (TPSA) is 30.5 Å². The monoisotopic (exact) mass is 473 g/mol. The van der Waals surface area contributed by atoms with Gasteiger partial charge in [0.1, 0.15) is 6.61 Å². The number of hydrogen-bond acceptors (Lipinski definition) is 3. The second kappa shape index (κ2) is 9.08. The molecule has 172 valence electrons. The quantitative estimate of drug-likeness (QED) is 0.436. The molecule has 0 spiro atoms. The van der Waals surface area contributed by atoms with Gasteiger partial charge in [0.2, 0.25) is 0 Å². The van der Waals surface area contributed by atoms with Crippen molar-refractivity contribution in [3.63, 3.8) is 0 Å². The summed E-state index contributed by atoms with van der Waals surface area (Å²) in [6.45, 7) is 3.52. The van der Waals surface area contributed by atoms with Crippen molar-refractivity contribution < 1.29 is 9.47 Å². The predicted octanol–water partition coefficient (Wildman–Crippen LogP) is 7.28. The minimum absolute atomic E-state index is 0.344. The summed E-state index contributed by atoms with van der Waals surface area (Å²) in [5, 5.41) is 5.09. The van der Waals surface area contributed by atoms with E-state index in [-0.39, 0.29) is 0 Å². The highest BCUT2D eigenvalue weighted by atomic mass is 35.5. The van der Waals surface area contributed by atoms with E-state index in [2.05, 4.69) is 12.2 Å². The summed E-state index contributed by atoms with van der Waals surface area (Å²) in [5.74, 6) is 4.12. The van der Waals surface area contributed by atoms with Crippen LogP contribution in [0.1, 0.15) is 56.6 Å². The number of hydrogen-bond donors (Lipinski definition) is 1. The van der Waals surface area contributed by atoms with Gasteiger partial charge in [-0.1, -0.05) is 41.4 Å². The SMILES string of the molecule is COc1cc(CN[C@H](C)C23CC4CC(CC(C4)C2)C3)cc(Cl)c1OCc1ccccc1Cl. The molecule has 0 radical (unpaired) electrons. The Bertz CT molecular complexity index is 941. The molecule has 3 nitrogen and oxygen atoms in total. The Morgan fingerprint density at radius 2 is 1.66 bits per heavy atom. The van der Waals surface area contributed by atoms with Crippen LogP contribution in [0.4, 0.5) is 0 Å². The molecule has 0 amide bonds.